The van der Waals surface area contributed by atoms with Crippen LogP contribution in [0.15, 0.2) is 30.3 Å². The van der Waals surface area contributed by atoms with Gasteiger partial charge in [0.1, 0.15) is 11.6 Å². The summed E-state index contributed by atoms with van der Waals surface area (Å²) in [5.41, 5.74) is 5.61. The first-order valence-electron chi connectivity index (χ1n) is 10.4. The fraction of sp³-hybridized carbons (Fsp3) is 0.500. The molecule has 0 aliphatic carbocycles. The lowest BCUT2D eigenvalue weighted by Crippen LogP contribution is -2.41. The molecule has 1 aliphatic heterocycles. The van der Waals surface area contributed by atoms with E-state index in [-0.39, 0.29) is 24.7 Å². The van der Waals surface area contributed by atoms with Gasteiger partial charge in [0.2, 0.25) is 5.91 Å². The number of likely N-dealkylation sites (N-methyl/N-ethyl adjacent to an activating group) is 1. The molecule has 2 atom stereocenters. The molecule has 0 bridgehead atoms. The molecule has 2 rings (SSSR count). The number of carbonyl (C=O) groups is 4. The molecule has 1 aromatic carbocycles. The minimum absolute atomic E-state index is 0.0995. The Bertz CT molecular complexity index is 858. The molecule has 1 aliphatic rings. The Morgan fingerprint density at radius 1 is 1.27 bits per heavy atom. The second kappa shape index (κ2) is 12.5. The van der Waals surface area contributed by atoms with Gasteiger partial charge in [-0.25, -0.2) is 4.79 Å². The molecule has 1 amide bonds. The van der Waals surface area contributed by atoms with Crippen LogP contribution in [0, 0.1) is 5.41 Å². The smallest absolute Gasteiger partial charge is 0.345 e. The number of esters is 2. The number of carbonyl (C=O) groups excluding carboxylic acids is 3. The van der Waals surface area contributed by atoms with E-state index >= 15 is 0 Å². The average Bonchev–Trinajstić information content (AvgIpc) is 3.01. The highest BCUT2D eigenvalue weighted by molar-refractivity contribution is 6.02. The maximum atomic E-state index is 12.1. The zero-order chi connectivity index (χ0) is 25.2. The van der Waals surface area contributed by atoms with Crippen LogP contribution in [0.2, 0.25) is 0 Å². The highest BCUT2D eigenvalue weighted by Crippen LogP contribution is 2.18. The number of aliphatic carboxylic acids is 1. The van der Waals surface area contributed by atoms with Gasteiger partial charge in [-0.1, -0.05) is 37.3 Å². The van der Waals surface area contributed by atoms with Crippen LogP contribution in [0.4, 0.5) is 0 Å². The van der Waals surface area contributed by atoms with Gasteiger partial charge in [-0.05, 0) is 32.3 Å². The number of benzene rings is 1. The Balaban J connectivity index is 0.000000568. The minimum Gasteiger partial charge on any atom is -0.479 e. The zero-order valence-electron chi connectivity index (χ0n) is 19.3. The third-order valence-corrected chi connectivity index (χ3v) is 4.49. The van der Waals surface area contributed by atoms with Crippen molar-refractivity contribution >= 4 is 29.8 Å². The van der Waals surface area contributed by atoms with Gasteiger partial charge in [-0.2, -0.15) is 0 Å². The van der Waals surface area contributed by atoms with Crippen LogP contribution in [0.3, 0.4) is 0 Å². The van der Waals surface area contributed by atoms with Crippen molar-refractivity contribution in [3.63, 3.8) is 0 Å². The Hall–Kier alpha value is -3.47. The van der Waals surface area contributed by atoms with E-state index in [1.807, 2.05) is 30.3 Å². The molecule has 0 aromatic heterocycles. The van der Waals surface area contributed by atoms with Crippen LogP contribution in [-0.4, -0.2) is 71.1 Å². The van der Waals surface area contributed by atoms with Gasteiger partial charge in [0.15, 0.2) is 12.1 Å². The van der Waals surface area contributed by atoms with Crippen LogP contribution >= 0.6 is 0 Å². The molecule has 0 saturated carbocycles. The average molecular weight is 465 g/mol. The molecule has 1 fully saturated rings. The fourth-order valence-electron chi connectivity index (χ4n) is 2.75. The molecule has 1 saturated heterocycles. The first-order valence-corrected chi connectivity index (χ1v) is 10.4. The van der Waals surface area contributed by atoms with E-state index in [0.29, 0.717) is 13.0 Å². The Morgan fingerprint density at radius 3 is 2.30 bits per heavy atom. The normalized spacial score (nSPS) is 15.0. The van der Waals surface area contributed by atoms with Crippen LogP contribution in [0.25, 0.3) is 0 Å². The monoisotopic (exact) mass is 464 g/mol. The van der Waals surface area contributed by atoms with E-state index in [4.69, 9.17) is 25.7 Å². The first kappa shape index (κ1) is 27.6. The molecule has 11 nitrogen and oxygen atoms in total. The van der Waals surface area contributed by atoms with Gasteiger partial charge in [0, 0.05) is 7.05 Å². The molecular weight excluding hydrogens is 432 g/mol. The lowest BCUT2D eigenvalue weighted by atomic mass is 10.0. The molecule has 1 aromatic rings. The van der Waals surface area contributed by atoms with Crippen molar-refractivity contribution in [3.8, 4) is 0 Å². The highest BCUT2D eigenvalue weighted by Gasteiger charge is 2.31. The van der Waals surface area contributed by atoms with Gasteiger partial charge in [0.05, 0.1) is 13.0 Å². The van der Waals surface area contributed by atoms with E-state index in [1.54, 1.807) is 32.7 Å². The molecular formula is C22H32N4O7. The second-order valence-electron chi connectivity index (χ2n) is 8.13. The van der Waals surface area contributed by atoms with E-state index in [9.17, 15) is 19.2 Å². The van der Waals surface area contributed by atoms with E-state index in [2.05, 4.69) is 5.32 Å². The topological polar surface area (TPSA) is 172 Å². The number of guanidine groups is 1. The Kier molecular flexibility index (Phi) is 10.5. The predicted molar refractivity (Wildman–Crippen MR) is 119 cm³/mol. The summed E-state index contributed by atoms with van der Waals surface area (Å²) in [4.78, 5) is 46.8. The van der Waals surface area contributed by atoms with Crippen molar-refractivity contribution in [3.05, 3.63) is 35.9 Å². The number of ether oxygens (including phenoxy) is 2. The first-order chi connectivity index (χ1) is 15.3. The fourth-order valence-corrected chi connectivity index (χ4v) is 2.75. The standard InChI is InChI=1S/C18H25NO6.C4H7N3O/c1-4-14(16(21)22)24-15(20)11-18(2,3)25-17(23)13(19)10-12-8-6-5-7-9-12;1-7-2-3(8)6-4(7)5/h5-9,13-14H,4,10-11,19H2,1-3H3,(H,21,22);2H2,1H3,(H2,5,6,8)/t13-,14?;/m0./s1. The number of hydrogen-bond acceptors (Lipinski definition) is 8. The lowest BCUT2D eigenvalue weighted by molar-refractivity contribution is -0.172. The summed E-state index contributed by atoms with van der Waals surface area (Å²) in [5.74, 6) is -2.50. The largest absolute Gasteiger partial charge is 0.479 e. The van der Waals surface area contributed by atoms with Crippen LogP contribution in [-0.2, 0) is 35.1 Å². The molecule has 11 heteroatoms. The molecule has 1 unspecified atom stereocenters. The maximum Gasteiger partial charge on any atom is 0.345 e. The van der Waals surface area contributed by atoms with E-state index < -0.39 is 35.7 Å². The van der Waals surface area contributed by atoms with Crippen molar-refractivity contribution < 1.29 is 33.8 Å². The van der Waals surface area contributed by atoms with Crippen molar-refractivity contribution in [1.29, 1.82) is 5.41 Å². The van der Waals surface area contributed by atoms with Crippen LogP contribution in [0.1, 0.15) is 39.2 Å². The van der Waals surface area contributed by atoms with Crippen molar-refractivity contribution in [2.24, 2.45) is 5.73 Å². The number of rotatable bonds is 9. The summed E-state index contributed by atoms with van der Waals surface area (Å²) >= 11 is 0. The van der Waals surface area contributed by atoms with Gasteiger partial charge in [0.25, 0.3) is 0 Å². The van der Waals surface area contributed by atoms with Gasteiger partial charge < -0.3 is 25.2 Å². The Morgan fingerprint density at radius 2 is 1.88 bits per heavy atom. The number of hydrogen-bond donors (Lipinski definition) is 4. The summed E-state index contributed by atoms with van der Waals surface area (Å²) < 4.78 is 10.2. The number of amides is 1. The number of nitrogens with two attached hydrogens (primary N) is 1. The van der Waals surface area contributed by atoms with E-state index in [0.717, 1.165) is 5.56 Å². The van der Waals surface area contributed by atoms with Crippen molar-refractivity contribution in [2.75, 3.05) is 13.6 Å². The molecule has 33 heavy (non-hydrogen) atoms. The van der Waals surface area contributed by atoms with Crippen LogP contribution < -0.4 is 11.1 Å². The van der Waals surface area contributed by atoms with Gasteiger partial charge in [-0.3, -0.25) is 25.1 Å². The second-order valence-corrected chi connectivity index (χ2v) is 8.13. The molecule has 5 N–H and O–H groups in total. The van der Waals surface area contributed by atoms with Crippen molar-refractivity contribution in [1.82, 2.24) is 10.2 Å². The number of carboxylic acids is 1. The summed E-state index contributed by atoms with van der Waals surface area (Å²) in [6.07, 6.45) is -1.000. The summed E-state index contributed by atoms with van der Waals surface area (Å²) in [7, 11) is 1.69. The summed E-state index contributed by atoms with van der Waals surface area (Å²) in [5, 5.41) is 18.2. The maximum absolute atomic E-state index is 12.1. The third kappa shape index (κ3) is 10.1. The Labute approximate surface area is 192 Å². The zero-order valence-corrected chi connectivity index (χ0v) is 19.3. The van der Waals surface area contributed by atoms with Crippen molar-refractivity contribution in [2.45, 2.75) is 57.8 Å². The minimum atomic E-state index is -1.21. The van der Waals surface area contributed by atoms with Crippen LogP contribution in [0.5, 0.6) is 0 Å². The molecule has 0 spiro atoms. The number of nitrogens with zero attached hydrogens (tertiary/aromatic N) is 1. The lowest BCUT2D eigenvalue weighted by Gasteiger charge is -2.26. The molecule has 1 heterocycles. The van der Waals surface area contributed by atoms with Gasteiger partial charge >= 0.3 is 17.9 Å². The third-order valence-electron chi connectivity index (χ3n) is 4.49. The van der Waals surface area contributed by atoms with E-state index in [1.165, 1.54) is 0 Å². The summed E-state index contributed by atoms with van der Waals surface area (Å²) in [6.45, 7) is 5.00. The quantitative estimate of drug-likeness (QED) is 0.383. The SMILES string of the molecule is CCC(OC(=O)CC(C)(C)OC(=O)[C@@H](N)Cc1ccccc1)C(=O)O.CN1CC(=O)NC1=N. The summed E-state index contributed by atoms with van der Waals surface area (Å²) in [6, 6.07) is 8.40. The number of carboxylic acid groups (broad SMARTS) is 1. The molecule has 182 valence electrons. The predicted octanol–water partition coefficient (Wildman–Crippen LogP) is 0.657. The highest BCUT2D eigenvalue weighted by atomic mass is 16.6. The van der Waals surface area contributed by atoms with Gasteiger partial charge in [-0.15, -0.1) is 0 Å². The molecule has 0 radical (unpaired) electrons. The number of nitrogens with one attached hydrogen (secondary N) is 2.